The van der Waals surface area contributed by atoms with Crippen molar-refractivity contribution in [3.63, 3.8) is 0 Å². The van der Waals surface area contributed by atoms with Crippen molar-refractivity contribution in [2.24, 2.45) is 0 Å². The summed E-state index contributed by atoms with van der Waals surface area (Å²) in [5.74, 6) is 4.61. The summed E-state index contributed by atoms with van der Waals surface area (Å²) in [5, 5.41) is 2.49. The molecule has 1 aromatic heterocycles. The minimum absolute atomic E-state index is 0.101. The Bertz CT molecular complexity index is 626. The predicted molar refractivity (Wildman–Crippen MR) is 79.4 cm³/mol. The lowest BCUT2D eigenvalue weighted by molar-refractivity contribution is -0.137. The lowest BCUT2D eigenvalue weighted by Crippen LogP contribution is -2.32. The van der Waals surface area contributed by atoms with Crippen LogP contribution in [0.25, 0.3) is 0 Å². The van der Waals surface area contributed by atoms with Crippen molar-refractivity contribution in [3.05, 3.63) is 23.4 Å². The number of alkyl carbamates (subject to hydrolysis) is 1. The van der Waals surface area contributed by atoms with Crippen LogP contribution >= 0.6 is 0 Å². The topological polar surface area (TPSA) is 77.2 Å². The number of hydrogen-bond acceptors (Lipinski definition) is 4. The van der Waals surface area contributed by atoms with E-state index in [1.807, 2.05) is 0 Å². The Morgan fingerprint density at radius 2 is 2.04 bits per heavy atom. The van der Waals surface area contributed by atoms with Crippen LogP contribution in [0.1, 0.15) is 38.3 Å². The molecule has 0 aliphatic carbocycles. The summed E-state index contributed by atoms with van der Waals surface area (Å²) >= 11 is 0. The zero-order valence-corrected chi connectivity index (χ0v) is 13.0. The number of carbonyl (C=O) groups is 1. The van der Waals surface area contributed by atoms with Crippen molar-refractivity contribution in [2.75, 3.05) is 12.3 Å². The predicted octanol–water partition coefficient (Wildman–Crippen LogP) is 2.95. The Hall–Kier alpha value is -2.43. The molecule has 0 saturated heterocycles. The van der Waals surface area contributed by atoms with Gasteiger partial charge in [0.1, 0.15) is 11.4 Å². The van der Waals surface area contributed by atoms with Gasteiger partial charge in [-0.1, -0.05) is 11.8 Å². The van der Waals surface area contributed by atoms with Crippen LogP contribution in [0.4, 0.5) is 23.8 Å². The zero-order valence-electron chi connectivity index (χ0n) is 13.0. The molecule has 5 nitrogen and oxygen atoms in total. The van der Waals surface area contributed by atoms with E-state index in [2.05, 4.69) is 22.1 Å². The van der Waals surface area contributed by atoms with Gasteiger partial charge in [-0.2, -0.15) is 13.2 Å². The number of hydrogen-bond donors (Lipinski definition) is 2. The minimum atomic E-state index is -4.58. The van der Waals surface area contributed by atoms with Crippen LogP contribution in [-0.2, 0) is 10.9 Å². The number of rotatable bonds is 2. The third kappa shape index (κ3) is 6.91. The standard InChI is InChI=1S/C15H18F3N3O2/c1-14(2,3)23-13(22)20-7-5-4-6-10-8-11(15(16,17)18)12(19)21-9-10/h8-9H,5,7H2,1-3H3,(H2,19,21)(H,20,22). The lowest BCUT2D eigenvalue weighted by atomic mass is 10.2. The second-order valence-corrected chi connectivity index (χ2v) is 5.63. The summed E-state index contributed by atoms with van der Waals surface area (Å²) in [5.41, 5.74) is 3.68. The van der Waals surface area contributed by atoms with E-state index in [-0.39, 0.29) is 18.5 Å². The molecule has 0 bridgehead atoms. The highest BCUT2D eigenvalue weighted by Crippen LogP contribution is 2.32. The fraction of sp³-hybridized carbons (Fsp3) is 0.467. The average Bonchev–Trinajstić information content (AvgIpc) is 2.36. The SMILES string of the molecule is CC(C)(C)OC(=O)NCCC#Cc1cnc(N)c(C(F)(F)F)c1. The van der Waals surface area contributed by atoms with Gasteiger partial charge in [-0.25, -0.2) is 9.78 Å². The summed E-state index contributed by atoms with van der Waals surface area (Å²) in [7, 11) is 0. The quantitative estimate of drug-likeness (QED) is 0.646. The summed E-state index contributed by atoms with van der Waals surface area (Å²) in [6.07, 6.45) is -3.73. The summed E-state index contributed by atoms with van der Waals surface area (Å²) < 4.78 is 43.0. The molecule has 0 radical (unpaired) electrons. The van der Waals surface area contributed by atoms with Gasteiger partial charge in [-0.05, 0) is 26.8 Å². The van der Waals surface area contributed by atoms with Crippen molar-refractivity contribution < 1.29 is 22.7 Å². The van der Waals surface area contributed by atoms with Gasteiger partial charge < -0.3 is 15.8 Å². The molecule has 0 atom stereocenters. The molecule has 0 spiro atoms. The Balaban J connectivity index is 2.56. The number of halogens is 3. The highest BCUT2D eigenvalue weighted by Gasteiger charge is 2.33. The van der Waals surface area contributed by atoms with Crippen molar-refractivity contribution in [2.45, 2.75) is 39.0 Å². The monoisotopic (exact) mass is 329 g/mol. The van der Waals surface area contributed by atoms with E-state index >= 15 is 0 Å². The molecular weight excluding hydrogens is 311 g/mol. The van der Waals surface area contributed by atoms with Crippen LogP contribution in [0.2, 0.25) is 0 Å². The Morgan fingerprint density at radius 3 is 2.61 bits per heavy atom. The number of pyridine rings is 1. The van der Waals surface area contributed by atoms with Gasteiger partial charge in [-0.15, -0.1) is 0 Å². The summed E-state index contributed by atoms with van der Waals surface area (Å²) in [6, 6.07) is 0.844. The number of alkyl halides is 3. The first kappa shape index (κ1) is 18.6. The van der Waals surface area contributed by atoms with Crippen LogP contribution in [0.5, 0.6) is 0 Å². The summed E-state index contributed by atoms with van der Waals surface area (Å²) in [4.78, 5) is 14.8. The molecule has 126 valence electrons. The van der Waals surface area contributed by atoms with Crippen molar-refractivity contribution in [1.82, 2.24) is 10.3 Å². The smallest absolute Gasteiger partial charge is 0.419 e. The molecule has 0 fully saturated rings. The van der Waals surface area contributed by atoms with Gasteiger partial charge in [-0.3, -0.25) is 0 Å². The minimum Gasteiger partial charge on any atom is -0.444 e. The number of anilines is 1. The molecule has 0 saturated carbocycles. The van der Waals surface area contributed by atoms with Gasteiger partial charge in [0.25, 0.3) is 0 Å². The number of nitrogens with zero attached hydrogens (tertiary/aromatic N) is 1. The lowest BCUT2D eigenvalue weighted by Gasteiger charge is -2.19. The molecule has 0 aliphatic rings. The van der Waals surface area contributed by atoms with Crippen molar-refractivity contribution >= 4 is 11.9 Å². The highest BCUT2D eigenvalue weighted by atomic mass is 19.4. The third-order valence-electron chi connectivity index (χ3n) is 2.37. The van der Waals surface area contributed by atoms with Gasteiger partial charge in [0, 0.05) is 24.7 Å². The normalized spacial score (nSPS) is 11.4. The molecule has 1 rings (SSSR count). The van der Waals surface area contributed by atoms with Crippen LogP contribution in [-0.4, -0.2) is 23.2 Å². The molecule has 1 aromatic rings. The van der Waals surface area contributed by atoms with Gasteiger partial charge in [0.2, 0.25) is 0 Å². The van der Waals surface area contributed by atoms with Crippen molar-refractivity contribution in [3.8, 4) is 11.8 Å². The van der Waals surface area contributed by atoms with Crippen LogP contribution in [0.15, 0.2) is 12.3 Å². The first-order chi connectivity index (χ1) is 10.5. The maximum atomic E-state index is 12.7. The molecule has 0 aliphatic heterocycles. The molecule has 1 amide bonds. The molecule has 23 heavy (non-hydrogen) atoms. The van der Waals surface area contributed by atoms with E-state index in [1.165, 1.54) is 6.20 Å². The number of nitrogens with one attached hydrogen (secondary N) is 1. The Kier molecular flexibility index (Phi) is 5.85. The average molecular weight is 329 g/mol. The number of nitrogens with two attached hydrogens (primary N) is 1. The number of aromatic nitrogens is 1. The maximum Gasteiger partial charge on any atom is 0.419 e. The second kappa shape index (κ2) is 7.22. The highest BCUT2D eigenvalue weighted by molar-refractivity contribution is 5.67. The first-order valence-electron chi connectivity index (χ1n) is 6.77. The van der Waals surface area contributed by atoms with Gasteiger partial charge in [0.05, 0.1) is 5.56 Å². The van der Waals surface area contributed by atoms with E-state index in [4.69, 9.17) is 10.5 Å². The largest absolute Gasteiger partial charge is 0.444 e. The van der Waals surface area contributed by atoms with Crippen LogP contribution < -0.4 is 11.1 Å². The molecule has 8 heteroatoms. The van der Waals surface area contributed by atoms with Crippen LogP contribution in [0.3, 0.4) is 0 Å². The number of nitrogen functional groups attached to an aromatic ring is 1. The first-order valence-corrected chi connectivity index (χ1v) is 6.77. The van der Waals surface area contributed by atoms with Gasteiger partial charge >= 0.3 is 12.3 Å². The van der Waals surface area contributed by atoms with E-state index in [0.717, 1.165) is 6.07 Å². The van der Waals surface area contributed by atoms with Gasteiger partial charge in [0.15, 0.2) is 0 Å². The van der Waals surface area contributed by atoms with E-state index in [9.17, 15) is 18.0 Å². The van der Waals surface area contributed by atoms with Crippen LogP contribution in [0, 0.1) is 11.8 Å². The second-order valence-electron chi connectivity index (χ2n) is 5.63. The van der Waals surface area contributed by atoms with E-state index < -0.39 is 29.3 Å². The third-order valence-corrected chi connectivity index (χ3v) is 2.37. The number of amides is 1. The zero-order chi connectivity index (χ0) is 17.7. The van der Waals surface area contributed by atoms with Crippen molar-refractivity contribution in [1.29, 1.82) is 0 Å². The maximum absolute atomic E-state index is 12.7. The fourth-order valence-electron chi connectivity index (χ4n) is 1.48. The molecule has 1 heterocycles. The number of carbonyl (C=O) groups excluding carboxylic acids is 1. The molecule has 0 aromatic carbocycles. The molecule has 0 unspecified atom stereocenters. The molecular formula is C15H18F3N3O2. The van der Waals surface area contributed by atoms with E-state index in [1.54, 1.807) is 20.8 Å². The summed E-state index contributed by atoms with van der Waals surface area (Å²) in [6.45, 7) is 5.42. The molecule has 3 N–H and O–H groups in total. The number of ether oxygens (including phenoxy) is 1. The Labute approximate surface area is 132 Å². The van der Waals surface area contributed by atoms with E-state index in [0.29, 0.717) is 0 Å². The fourth-order valence-corrected chi connectivity index (χ4v) is 1.48. The Morgan fingerprint density at radius 1 is 1.39 bits per heavy atom.